The number of anilines is 1. The van der Waals surface area contributed by atoms with Crippen molar-refractivity contribution in [3.63, 3.8) is 0 Å². The number of ether oxygens (including phenoxy) is 2. The lowest BCUT2D eigenvalue weighted by Crippen LogP contribution is -2.41. The summed E-state index contributed by atoms with van der Waals surface area (Å²) in [6.45, 7) is 4.12. The van der Waals surface area contributed by atoms with Crippen molar-refractivity contribution in [3.8, 4) is 5.75 Å². The first-order valence-electron chi connectivity index (χ1n) is 9.15. The van der Waals surface area contributed by atoms with Crippen molar-refractivity contribution in [1.29, 1.82) is 0 Å². The number of nitrogens with zero attached hydrogens (tertiary/aromatic N) is 1. The molecule has 0 aliphatic carbocycles. The molecule has 0 spiro atoms. The minimum Gasteiger partial charge on any atom is -0.484 e. The van der Waals surface area contributed by atoms with Gasteiger partial charge < -0.3 is 19.7 Å². The molecular formula is C21H24N2O4. The van der Waals surface area contributed by atoms with Gasteiger partial charge in [0, 0.05) is 13.1 Å². The number of hydrogen-bond donors (Lipinski definition) is 1. The minimum atomic E-state index is -0.306. The first-order chi connectivity index (χ1) is 13.2. The van der Waals surface area contributed by atoms with Gasteiger partial charge >= 0.3 is 0 Å². The molecule has 2 aromatic rings. The summed E-state index contributed by atoms with van der Waals surface area (Å²) < 4.78 is 10.9. The fourth-order valence-corrected chi connectivity index (χ4v) is 2.91. The van der Waals surface area contributed by atoms with Crippen LogP contribution in [0.3, 0.4) is 0 Å². The van der Waals surface area contributed by atoms with Gasteiger partial charge in [0.1, 0.15) is 5.75 Å². The van der Waals surface area contributed by atoms with E-state index in [0.717, 1.165) is 12.0 Å². The number of amides is 2. The Bertz CT molecular complexity index is 800. The Balaban J connectivity index is 1.63. The summed E-state index contributed by atoms with van der Waals surface area (Å²) in [4.78, 5) is 26.8. The maximum atomic E-state index is 12.7. The molecule has 1 N–H and O–H groups in total. The normalized spacial score (nSPS) is 13.9. The van der Waals surface area contributed by atoms with Crippen LogP contribution in [0, 0.1) is 0 Å². The van der Waals surface area contributed by atoms with Gasteiger partial charge in [0.2, 0.25) is 0 Å². The van der Waals surface area contributed by atoms with E-state index in [-0.39, 0.29) is 18.4 Å². The Morgan fingerprint density at radius 1 is 1.11 bits per heavy atom. The Kier molecular flexibility index (Phi) is 6.44. The highest BCUT2D eigenvalue weighted by Gasteiger charge is 2.21. The highest BCUT2D eigenvalue weighted by atomic mass is 16.5. The van der Waals surface area contributed by atoms with Crippen LogP contribution >= 0.6 is 0 Å². The molecule has 27 heavy (non-hydrogen) atoms. The lowest BCUT2D eigenvalue weighted by atomic mass is 10.1. The second-order valence-electron chi connectivity index (χ2n) is 6.29. The molecule has 0 bridgehead atoms. The zero-order chi connectivity index (χ0) is 19.1. The number of hydrogen-bond acceptors (Lipinski definition) is 4. The number of aryl methyl sites for hydroxylation is 1. The summed E-state index contributed by atoms with van der Waals surface area (Å²) in [5.41, 5.74) is 2.11. The molecule has 0 unspecified atom stereocenters. The zero-order valence-corrected chi connectivity index (χ0v) is 15.4. The molecule has 2 aromatic carbocycles. The van der Waals surface area contributed by atoms with E-state index in [0.29, 0.717) is 43.3 Å². The number of para-hydroxylation sites is 1. The van der Waals surface area contributed by atoms with Crippen LogP contribution in [0.5, 0.6) is 5.75 Å². The summed E-state index contributed by atoms with van der Waals surface area (Å²) in [6.07, 6.45) is 0.903. The van der Waals surface area contributed by atoms with Gasteiger partial charge in [0.15, 0.2) is 6.61 Å². The van der Waals surface area contributed by atoms with E-state index < -0.39 is 0 Å². The molecule has 1 heterocycles. The third kappa shape index (κ3) is 5.08. The maximum absolute atomic E-state index is 12.7. The fourth-order valence-electron chi connectivity index (χ4n) is 2.91. The average Bonchev–Trinajstić information content (AvgIpc) is 2.73. The minimum absolute atomic E-state index is 0.106. The van der Waals surface area contributed by atoms with E-state index in [1.165, 1.54) is 0 Å². The van der Waals surface area contributed by atoms with Crippen LogP contribution in [0.2, 0.25) is 0 Å². The molecule has 6 heteroatoms. The highest BCUT2D eigenvalue weighted by Crippen LogP contribution is 2.19. The molecule has 0 aromatic heterocycles. The van der Waals surface area contributed by atoms with Crippen molar-refractivity contribution in [2.45, 2.75) is 13.3 Å². The van der Waals surface area contributed by atoms with Crippen LogP contribution in [0.1, 0.15) is 22.8 Å². The number of carbonyl (C=O) groups excluding carboxylic acids is 2. The van der Waals surface area contributed by atoms with Crippen molar-refractivity contribution >= 4 is 17.5 Å². The lowest BCUT2D eigenvalue weighted by molar-refractivity contribution is -0.118. The predicted molar refractivity (Wildman–Crippen MR) is 103 cm³/mol. The molecule has 0 atom stereocenters. The fraction of sp³-hybridized carbons (Fsp3) is 0.333. The van der Waals surface area contributed by atoms with Gasteiger partial charge in [-0.15, -0.1) is 0 Å². The van der Waals surface area contributed by atoms with Crippen molar-refractivity contribution in [2.75, 3.05) is 38.2 Å². The van der Waals surface area contributed by atoms with Gasteiger partial charge in [-0.3, -0.25) is 9.59 Å². The second kappa shape index (κ2) is 9.19. The molecule has 1 aliphatic rings. The Hall–Kier alpha value is -2.86. The smallest absolute Gasteiger partial charge is 0.262 e. The van der Waals surface area contributed by atoms with E-state index in [1.807, 2.05) is 24.3 Å². The Morgan fingerprint density at radius 2 is 1.89 bits per heavy atom. The van der Waals surface area contributed by atoms with Crippen LogP contribution in [0.4, 0.5) is 5.69 Å². The maximum Gasteiger partial charge on any atom is 0.262 e. The van der Waals surface area contributed by atoms with Gasteiger partial charge in [0.05, 0.1) is 24.5 Å². The summed E-state index contributed by atoms with van der Waals surface area (Å²) in [7, 11) is 0. The molecular weight excluding hydrogens is 344 g/mol. The van der Waals surface area contributed by atoms with Crippen LogP contribution in [0.25, 0.3) is 0 Å². The van der Waals surface area contributed by atoms with Crippen LogP contribution in [-0.4, -0.2) is 49.6 Å². The summed E-state index contributed by atoms with van der Waals surface area (Å²) in [6, 6.07) is 14.7. The number of morpholine rings is 1. The Morgan fingerprint density at radius 3 is 2.67 bits per heavy atom. The lowest BCUT2D eigenvalue weighted by Gasteiger charge is -2.27. The number of benzene rings is 2. The topological polar surface area (TPSA) is 67.9 Å². The largest absolute Gasteiger partial charge is 0.484 e. The number of carbonyl (C=O) groups is 2. The van der Waals surface area contributed by atoms with E-state index >= 15 is 0 Å². The van der Waals surface area contributed by atoms with Crippen molar-refractivity contribution < 1.29 is 19.1 Å². The van der Waals surface area contributed by atoms with Gasteiger partial charge in [-0.1, -0.05) is 31.2 Å². The summed E-state index contributed by atoms with van der Waals surface area (Å²) >= 11 is 0. The summed E-state index contributed by atoms with van der Waals surface area (Å²) in [5, 5.41) is 2.79. The number of rotatable bonds is 6. The van der Waals surface area contributed by atoms with Gasteiger partial charge in [0.25, 0.3) is 11.8 Å². The van der Waals surface area contributed by atoms with Crippen molar-refractivity contribution in [2.24, 2.45) is 0 Å². The SMILES string of the molecule is CCc1cccc(OCC(=O)Nc2ccccc2C(=O)N2CCOCC2)c1. The molecule has 142 valence electrons. The van der Waals surface area contributed by atoms with Crippen LogP contribution in [-0.2, 0) is 16.0 Å². The third-order valence-corrected chi connectivity index (χ3v) is 4.41. The molecule has 3 rings (SSSR count). The predicted octanol–water partition coefficient (Wildman–Crippen LogP) is 2.74. The van der Waals surface area contributed by atoms with E-state index in [1.54, 1.807) is 29.2 Å². The molecule has 1 fully saturated rings. The first-order valence-corrected chi connectivity index (χ1v) is 9.15. The quantitative estimate of drug-likeness (QED) is 0.851. The summed E-state index contributed by atoms with van der Waals surface area (Å²) in [5.74, 6) is 0.243. The van der Waals surface area contributed by atoms with Crippen LogP contribution in [0.15, 0.2) is 48.5 Å². The van der Waals surface area contributed by atoms with Gasteiger partial charge in [-0.2, -0.15) is 0 Å². The molecule has 0 saturated carbocycles. The monoisotopic (exact) mass is 368 g/mol. The third-order valence-electron chi connectivity index (χ3n) is 4.41. The first kappa shape index (κ1) is 18.9. The van der Waals surface area contributed by atoms with Crippen molar-refractivity contribution in [1.82, 2.24) is 4.90 Å². The molecule has 0 radical (unpaired) electrons. The van der Waals surface area contributed by atoms with E-state index in [4.69, 9.17) is 9.47 Å². The average molecular weight is 368 g/mol. The molecule has 6 nitrogen and oxygen atoms in total. The van der Waals surface area contributed by atoms with Crippen LogP contribution < -0.4 is 10.1 Å². The second-order valence-corrected chi connectivity index (χ2v) is 6.29. The van der Waals surface area contributed by atoms with Gasteiger partial charge in [-0.05, 0) is 36.2 Å². The van der Waals surface area contributed by atoms with E-state index in [2.05, 4.69) is 12.2 Å². The standard InChI is InChI=1S/C21H24N2O4/c1-2-16-6-5-7-17(14-16)27-15-20(24)22-19-9-4-3-8-18(19)21(25)23-10-12-26-13-11-23/h3-9,14H,2,10-13,15H2,1H3,(H,22,24). The van der Waals surface area contributed by atoms with Gasteiger partial charge in [-0.25, -0.2) is 0 Å². The molecule has 2 amide bonds. The highest BCUT2D eigenvalue weighted by molar-refractivity contribution is 6.04. The number of nitrogens with one attached hydrogen (secondary N) is 1. The molecule has 1 aliphatic heterocycles. The zero-order valence-electron chi connectivity index (χ0n) is 15.4. The van der Waals surface area contributed by atoms with E-state index in [9.17, 15) is 9.59 Å². The molecule has 1 saturated heterocycles. The Labute approximate surface area is 159 Å². The van der Waals surface area contributed by atoms with Crippen molar-refractivity contribution in [3.05, 3.63) is 59.7 Å².